The van der Waals surface area contributed by atoms with Crippen LogP contribution in [0.2, 0.25) is 0 Å². The van der Waals surface area contributed by atoms with Crippen molar-refractivity contribution in [3.05, 3.63) is 66.0 Å². The molecule has 0 bridgehead atoms. The molecule has 0 aliphatic heterocycles. The van der Waals surface area contributed by atoms with Crippen LogP contribution < -0.4 is 20.1 Å². The molecule has 6 nitrogen and oxygen atoms in total. The van der Waals surface area contributed by atoms with Gasteiger partial charge in [0.1, 0.15) is 35.3 Å². The molecule has 0 aliphatic carbocycles. The molecule has 0 aliphatic rings. The van der Waals surface area contributed by atoms with Gasteiger partial charge in [-0.1, -0.05) is 12.1 Å². The van der Waals surface area contributed by atoms with Gasteiger partial charge in [0.05, 0.1) is 14.2 Å². The predicted molar refractivity (Wildman–Crippen MR) is 98.5 cm³/mol. The largest absolute Gasteiger partial charge is 0.493 e. The van der Waals surface area contributed by atoms with Gasteiger partial charge in [-0.2, -0.15) is 0 Å². The van der Waals surface area contributed by atoms with E-state index in [9.17, 15) is 8.78 Å². The Kier molecular flexibility index (Phi) is 5.65. The second-order valence-electron chi connectivity index (χ2n) is 5.55. The minimum absolute atomic E-state index is 0.262. The van der Waals surface area contributed by atoms with Crippen LogP contribution in [-0.4, -0.2) is 24.2 Å². The van der Waals surface area contributed by atoms with Crippen LogP contribution in [0.1, 0.15) is 5.56 Å². The lowest BCUT2D eigenvalue weighted by atomic mass is 10.2. The Bertz CT molecular complexity index is 917. The van der Waals surface area contributed by atoms with Gasteiger partial charge in [0, 0.05) is 12.6 Å². The summed E-state index contributed by atoms with van der Waals surface area (Å²) in [5.41, 5.74) is 0.683. The lowest BCUT2D eigenvalue weighted by Gasteiger charge is -2.12. The summed E-state index contributed by atoms with van der Waals surface area (Å²) < 4.78 is 38.0. The maximum absolute atomic E-state index is 13.8. The van der Waals surface area contributed by atoms with Crippen molar-refractivity contribution in [3.63, 3.8) is 0 Å². The fourth-order valence-electron chi connectivity index (χ4n) is 2.45. The predicted octanol–water partition coefficient (Wildman–Crippen LogP) is 4.13. The minimum Gasteiger partial charge on any atom is -0.493 e. The summed E-state index contributed by atoms with van der Waals surface area (Å²) in [6.45, 7) is 0.463. The normalized spacial score (nSPS) is 10.4. The standard InChI is InChI=1S/C19H18F2N4O2/c1-26-15-7-6-12(8-16(15)27-2)10-22-17-9-18(24-11-23-17)25-19-13(20)4-3-5-14(19)21/h3-9,11H,10H2,1-2H3,(H2,22,23,24,25). The highest BCUT2D eigenvalue weighted by molar-refractivity contribution is 5.60. The van der Waals surface area contributed by atoms with E-state index in [4.69, 9.17) is 9.47 Å². The van der Waals surface area contributed by atoms with Crippen LogP contribution in [0.25, 0.3) is 0 Å². The Hall–Kier alpha value is -3.42. The number of nitrogens with one attached hydrogen (secondary N) is 2. The average Bonchev–Trinajstić information content (AvgIpc) is 2.69. The molecule has 3 aromatic rings. The highest BCUT2D eigenvalue weighted by Gasteiger charge is 2.10. The second kappa shape index (κ2) is 8.31. The number of anilines is 3. The van der Waals surface area contributed by atoms with Crippen LogP contribution in [0.4, 0.5) is 26.1 Å². The molecule has 1 aromatic heterocycles. The van der Waals surface area contributed by atoms with Crippen LogP contribution in [0.5, 0.6) is 11.5 Å². The van der Waals surface area contributed by atoms with E-state index < -0.39 is 11.6 Å². The SMILES string of the molecule is COc1ccc(CNc2cc(Nc3c(F)cccc3F)ncn2)cc1OC. The quantitative estimate of drug-likeness (QED) is 0.650. The molecule has 8 heteroatoms. The summed E-state index contributed by atoms with van der Waals surface area (Å²) in [5.74, 6) is 0.628. The highest BCUT2D eigenvalue weighted by Crippen LogP contribution is 2.28. The van der Waals surface area contributed by atoms with Crippen LogP contribution in [0, 0.1) is 11.6 Å². The monoisotopic (exact) mass is 372 g/mol. The number of benzene rings is 2. The molecule has 0 amide bonds. The van der Waals surface area contributed by atoms with E-state index in [1.807, 2.05) is 18.2 Å². The van der Waals surface area contributed by atoms with Crippen LogP contribution in [-0.2, 0) is 6.54 Å². The Balaban J connectivity index is 1.71. The van der Waals surface area contributed by atoms with Gasteiger partial charge < -0.3 is 20.1 Å². The number of aromatic nitrogens is 2. The van der Waals surface area contributed by atoms with Gasteiger partial charge >= 0.3 is 0 Å². The fraction of sp³-hybridized carbons (Fsp3) is 0.158. The average molecular weight is 372 g/mol. The Labute approximate surface area is 155 Å². The topological polar surface area (TPSA) is 68.3 Å². The molecule has 0 unspecified atom stereocenters. The number of halogens is 2. The molecule has 0 radical (unpaired) electrons. The van der Waals surface area contributed by atoms with Crippen molar-refractivity contribution in [1.29, 1.82) is 0 Å². The van der Waals surface area contributed by atoms with E-state index >= 15 is 0 Å². The van der Waals surface area contributed by atoms with E-state index in [0.717, 1.165) is 5.56 Å². The molecule has 27 heavy (non-hydrogen) atoms. The summed E-state index contributed by atoms with van der Waals surface area (Å²) in [4.78, 5) is 8.10. The first-order valence-electron chi connectivity index (χ1n) is 8.08. The van der Waals surface area contributed by atoms with Crippen molar-refractivity contribution in [2.24, 2.45) is 0 Å². The first-order chi connectivity index (χ1) is 13.1. The molecule has 0 saturated carbocycles. The van der Waals surface area contributed by atoms with Crippen molar-refractivity contribution in [1.82, 2.24) is 9.97 Å². The van der Waals surface area contributed by atoms with E-state index in [1.165, 1.54) is 24.5 Å². The molecule has 1 heterocycles. The lowest BCUT2D eigenvalue weighted by molar-refractivity contribution is 0.354. The first-order valence-corrected chi connectivity index (χ1v) is 8.08. The van der Waals surface area contributed by atoms with Gasteiger partial charge in [-0.25, -0.2) is 18.7 Å². The van der Waals surface area contributed by atoms with Crippen molar-refractivity contribution >= 4 is 17.3 Å². The van der Waals surface area contributed by atoms with Gasteiger partial charge in [0.2, 0.25) is 0 Å². The number of rotatable bonds is 7. The van der Waals surface area contributed by atoms with Gasteiger partial charge in [0.25, 0.3) is 0 Å². The molecule has 2 aromatic carbocycles. The zero-order chi connectivity index (χ0) is 19.2. The van der Waals surface area contributed by atoms with Crippen LogP contribution >= 0.6 is 0 Å². The third kappa shape index (κ3) is 4.41. The summed E-state index contributed by atoms with van der Waals surface area (Å²) in [7, 11) is 3.14. The fourth-order valence-corrected chi connectivity index (χ4v) is 2.45. The zero-order valence-electron chi connectivity index (χ0n) is 14.8. The molecule has 0 spiro atoms. The third-order valence-corrected chi connectivity index (χ3v) is 3.80. The summed E-state index contributed by atoms with van der Waals surface area (Å²) in [6.07, 6.45) is 1.30. The molecular weight excluding hydrogens is 354 g/mol. The molecule has 0 saturated heterocycles. The Morgan fingerprint density at radius 1 is 0.889 bits per heavy atom. The van der Waals surface area contributed by atoms with E-state index in [0.29, 0.717) is 23.9 Å². The van der Waals surface area contributed by atoms with E-state index in [2.05, 4.69) is 20.6 Å². The molecule has 0 atom stereocenters. The van der Waals surface area contributed by atoms with Gasteiger partial charge in [0.15, 0.2) is 11.5 Å². The highest BCUT2D eigenvalue weighted by atomic mass is 19.1. The van der Waals surface area contributed by atoms with Crippen molar-refractivity contribution in [2.75, 3.05) is 24.9 Å². The Morgan fingerprint density at radius 3 is 2.30 bits per heavy atom. The summed E-state index contributed by atoms with van der Waals surface area (Å²) in [5, 5.41) is 5.76. The zero-order valence-corrected chi connectivity index (χ0v) is 14.8. The van der Waals surface area contributed by atoms with E-state index in [-0.39, 0.29) is 11.5 Å². The number of hydrogen-bond acceptors (Lipinski definition) is 6. The van der Waals surface area contributed by atoms with E-state index in [1.54, 1.807) is 20.3 Å². The van der Waals surface area contributed by atoms with Gasteiger partial charge in [-0.3, -0.25) is 0 Å². The van der Waals surface area contributed by atoms with Crippen molar-refractivity contribution < 1.29 is 18.3 Å². The maximum atomic E-state index is 13.8. The summed E-state index contributed by atoms with van der Waals surface area (Å²) in [6, 6.07) is 10.7. The Morgan fingerprint density at radius 2 is 1.59 bits per heavy atom. The van der Waals surface area contributed by atoms with Crippen molar-refractivity contribution in [2.45, 2.75) is 6.54 Å². The van der Waals surface area contributed by atoms with Gasteiger partial charge in [-0.15, -0.1) is 0 Å². The van der Waals surface area contributed by atoms with Crippen molar-refractivity contribution in [3.8, 4) is 11.5 Å². The number of ether oxygens (including phenoxy) is 2. The molecule has 0 fully saturated rings. The summed E-state index contributed by atoms with van der Waals surface area (Å²) >= 11 is 0. The molecule has 2 N–H and O–H groups in total. The third-order valence-electron chi connectivity index (χ3n) is 3.80. The second-order valence-corrected chi connectivity index (χ2v) is 5.55. The number of para-hydroxylation sites is 1. The number of nitrogens with zero attached hydrogens (tertiary/aromatic N) is 2. The smallest absolute Gasteiger partial charge is 0.161 e. The lowest BCUT2D eigenvalue weighted by Crippen LogP contribution is -2.04. The van der Waals surface area contributed by atoms with Crippen LogP contribution in [0.15, 0.2) is 48.8 Å². The number of hydrogen-bond donors (Lipinski definition) is 2. The molecule has 3 rings (SSSR count). The molecular formula is C19H18F2N4O2. The first kappa shape index (κ1) is 18.4. The minimum atomic E-state index is -0.701. The number of methoxy groups -OCH3 is 2. The molecule has 140 valence electrons. The van der Waals surface area contributed by atoms with Crippen LogP contribution in [0.3, 0.4) is 0 Å². The maximum Gasteiger partial charge on any atom is 0.161 e. The van der Waals surface area contributed by atoms with Gasteiger partial charge in [-0.05, 0) is 29.8 Å².